The van der Waals surface area contributed by atoms with Gasteiger partial charge in [-0.15, -0.1) is 0 Å². The van der Waals surface area contributed by atoms with E-state index in [0.29, 0.717) is 0 Å². The van der Waals surface area contributed by atoms with Crippen molar-refractivity contribution in [2.75, 3.05) is 11.4 Å². The maximum atomic E-state index is 13.1. The summed E-state index contributed by atoms with van der Waals surface area (Å²) in [6, 6.07) is 2.89. The van der Waals surface area contributed by atoms with Crippen molar-refractivity contribution < 1.29 is 19.1 Å². The first kappa shape index (κ1) is 11.5. The first-order valence-electron chi connectivity index (χ1n) is 5.08. The second-order valence-corrected chi connectivity index (χ2v) is 3.94. The topological polar surface area (TPSA) is 83.6 Å². The van der Waals surface area contributed by atoms with Crippen LogP contribution in [0.1, 0.15) is 16.8 Å². The molecule has 1 unspecified atom stereocenters. The van der Waals surface area contributed by atoms with E-state index in [1.807, 2.05) is 0 Å². The Morgan fingerprint density at radius 3 is 2.76 bits per heavy atom. The van der Waals surface area contributed by atoms with E-state index in [4.69, 9.17) is 10.8 Å². The smallest absolute Gasteiger partial charge is 0.337 e. The van der Waals surface area contributed by atoms with Gasteiger partial charge >= 0.3 is 5.97 Å². The molecule has 1 fully saturated rings. The van der Waals surface area contributed by atoms with Crippen molar-refractivity contribution in [3.05, 3.63) is 29.6 Å². The van der Waals surface area contributed by atoms with Crippen molar-refractivity contribution in [1.82, 2.24) is 0 Å². The molecule has 1 aromatic carbocycles. The quantitative estimate of drug-likeness (QED) is 0.789. The summed E-state index contributed by atoms with van der Waals surface area (Å²) in [6.45, 7) is 0.211. The van der Waals surface area contributed by atoms with Gasteiger partial charge in [0, 0.05) is 19.0 Å². The molecular weight excluding hydrogens is 227 g/mol. The van der Waals surface area contributed by atoms with Gasteiger partial charge in [-0.25, -0.2) is 9.18 Å². The van der Waals surface area contributed by atoms with E-state index >= 15 is 0 Å². The average molecular weight is 238 g/mol. The molecule has 0 aromatic heterocycles. The maximum absolute atomic E-state index is 13.1. The van der Waals surface area contributed by atoms with Gasteiger partial charge in [-0.2, -0.15) is 0 Å². The van der Waals surface area contributed by atoms with E-state index < -0.39 is 11.8 Å². The highest BCUT2D eigenvalue weighted by Gasteiger charge is 2.30. The van der Waals surface area contributed by atoms with E-state index in [1.54, 1.807) is 0 Å². The Labute approximate surface area is 96.6 Å². The molecule has 0 saturated carbocycles. The fourth-order valence-corrected chi connectivity index (χ4v) is 1.88. The summed E-state index contributed by atoms with van der Waals surface area (Å²) in [5, 5.41) is 8.98. The maximum Gasteiger partial charge on any atom is 0.337 e. The van der Waals surface area contributed by atoms with Crippen LogP contribution in [-0.4, -0.2) is 29.6 Å². The number of nitrogens with two attached hydrogens (primary N) is 1. The van der Waals surface area contributed by atoms with E-state index in [-0.39, 0.29) is 36.2 Å². The van der Waals surface area contributed by atoms with Gasteiger partial charge in [0.15, 0.2) is 0 Å². The molecular formula is C11H11FN2O3. The highest BCUT2D eigenvalue weighted by atomic mass is 19.1. The number of benzene rings is 1. The fraction of sp³-hybridized carbons (Fsp3) is 0.273. The van der Waals surface area contributed by atoms with Crippen molar-refractivity contribution in [3.8, 4) is 0 Å². The minimum atomic E-state index is -1.20. The van der Waals surface area contributed by atoms with Crippen LogP contribution in [0.15, 0.2) is 18.2 Å². The lowest BCUT2D eigenvalue weighted by atomic mass is 10.1. The fourth-order valence-electron chi connectivity index (χ4n) is 1.88. The van der Waals surface area contributed by atoms with Gasteiger partial charge in [-0.05, 0) is 18.2 Å². The van der Waals surface area contributed by atoms with E-state index in [0.717, 1.165) is 18.2 Å². The van der Waals surface area contributed by atoms with Crippen molar-refractivity contribution in [2.45, 2.75) is 12.5 Å². The molecule has 5 nitrogen and oxygen atoms in total. The zero-order valence-electron chi connectivity index (χ0n) is 8.89. The number of nitrogens with zero attached hydrogens (tertiary/aromatic N) is 1. The third-order valence-corrected chi connectivity index (χ3v) is 2.64. The zero-order chi connectivity index (χ0) is 12.6. The molecule has 0 bridgehead atoms. The van der Waals surface area contributed by atoms with Gasteiger partial charge in [0.1, 0.15) is 5.82 Å². The molecule has 1 aliphatic heterocycles. The molecule has 0 aliphatic carbocycles. The number of carboxylic acid groups (broad SMARTS) is 1. The Morgan fingerprint density at radius 2 is 2.24 bits per heavy atom. The molecule has 17 heavy (non-hydrogen) atoms. The Hall–Kier alpha value is -1.95. The Morgan fingerprint density at radius 1 is 1.53 bits per heavy atom. The predicted octanol–water partition coefficient (Wildman–Crippen LogP) is 0.588. The lowest BCUT2D eigenvalue weighted by molar-refractivity contribution is -0.117. The third kappa shape index (κ3) is 2.12. The van der Waals surface area contributed by atoms with Gasteiger partial charge in [0.2, 0.25) is 5.91 Å². The summed E-state index contributed by atoms with van der Waals surface area (Å²) in [4.78, 5) is 23.8. The van der Waals surface area contributed by atoms with Gasteiger partial charge in [0.05, 0.1) is 11.3 Å². The lowest BCUT2D eigenvalue weighted by Gasteiger charge is -2.18. The molecule has 6 heteroatoms. The zero-order valence-corrected chi connectivity index (χ0v) is 8.89. The van der Waals surface area contributed by atoms with Gasteiger partial charge in [-0.3, -0.25) is 4.79 Å². The number of rotatable bonds is 2. The van der Waals surface area contributed by atoms with Crippen LogP contribution in [0.2, 0.25) is 0 Å². The number of hydrogen-bond acceptors (Lipinski definition) is 3. The summed E-state index contributed by atoms with van der Waals surface area (Å²) in [5.41, 5.74) is 5.58. The van der Waals surface area contributed by atoms with Crippen LogP contribution in [-0.2, 0) is 4.79 Å². The normalized spacial score (nSPS) is 19.8. The summed E-state index contributed by atoms with van der Waals surface area (Å²) in [7, 11) is 0. The Kier molecular flexibility index (Phi) is 2.81. The Bertz CT molecular complexity index is 490. The summed E-state index contributed by atoms with van der Waals surface area (Å²) >= 11 is 0. The summed E-state index contributed by atoms with van der Waals surface area (Å²) < 4.78 is 13.1. The molecule has 3 N–H and O–H groups in total. The van der Waals surface area contributed by atoms with Crippen LogP contribution in [0.5, 0.6) is 0 Å². The number of carboxylic acids is 1. The number of carbonyl (C=O) groups excluding carboxylic acids is 1. The summed E-state index contributed by atoms with van der Waals surface area (Å²) in [6.07, 6.45) is 0.148. The van der Waals surface area contributed by atoms with Gasteiger partial charge in [-0.1, -0.05) is 0 Å². The number of halogens is 1. The molecule has 1 heterocycles. The van der Waals surface area contributed by atoms with E-state index in [1.165, 1.54) is 4.90 Å². The highest BCUT2D eigenvalue weighted by Crippen LogP contribution is 2.26. The van der Waals surface area contributed by atoms with Crippen LogP contribution in [0.3, 0.4) is 0 Å². The third-order valence-electron chi connectivity index (χ3n) is 2.64. The molecule has 2 rings (SSSR count). The van der Waals surface area contributed by atoms with Crippen LogP contribution < -0.4 is 10.6 Å². The summed E-state index contributed by atoms with van der Waals surface area (Å²) in [5.74, 6) is -2.07. The van der Waals surface area contributed by atoms with Crippen LogP contribution in [0.4, 0.5) is 10.1 Å². The first-order valence-corrected chi connectivity index (χ1v) is 5.08. The standard InChI is InChI=1S/C11H11FN2O3/c12-6-1-2-8(11(16)17)9(3-6)14-5-7(13)4-10(14)15/h1-3,7H,4-5,13H2,(H,16,17). The molecule has 0 spiro atoms. The average Bonchev–Trinajstić information content (AvgIpc) is 2.57. The monoisotopic (exact) mass is 238 g/mol. The molecule has 1 atom stereocenters. The van der Waals surface area contributed by atoms with Crippen molar-refractivity contribution >= 4 is 17.6 Å². The minimum Gasteiger partial charge on any atom is -0.478 e. The number of amides is 1. The molecule has 1 aromatic rings. The Balaban J connectivity index is 2.46. The first-order chi connectivity index (χ1) is 7.99. The van der Waals surface area contributed by atoms with E-state index in [2.05, 4.69) is 0 Å². The molecule has 1 saturated heterocycles. The molecule has 1 aliphatic rings. The second kappa shape index (κ2) is 4.14. The lowest BCUT2D eigenvalue weighted by Crippen LogP contribution is -2.29. The number of anilines is 1. The molecule has 1 amide bonds. The predicted molar refractivity (Wildman–Crippen MR) is 58.3 cm³/mol. The van der Waals surface area contributed by atoms with Gasteiger partial charge in [0.25, 0.3) is 0 Å². The van der Waals surface area contributed by atoms with Crippen molar-refractivity contribution in [1.29, 1.82) is 0 Å². The second-order valence-electron chi connectivity index (χ2n) is 3.94. The SMILES string of the molecule is NC1CC(=O)N(c2cc(F)ccc2C(=O)O)C1. The minimum absolute atomic E-state index is 0.0652. The van der Waals surface area contributed by atoms with E-state index in [9.17, 15) is 14.0 Å². The highest BCUT2D eigenvalue weighted by molar-refractivity contribution is 6.03. The van der Waals surface area contributed by atoms with Gasteiger partial charge < -0.3 is 15.7 Å². The van der Waals surface area contributed by atoms with Crippen molar-refractivity contribution in [3.63, 3.8) is 0 Å². The van der Waals surface area contributed by atoms with Crippen molar-refractivity contribution in [2.24, 2.45) is 5.73 Å². The number of carbonyl (C=O) groups is 2. The number of hydrogen-bond donors (Lipinski definition) is 2. The number of aromatic carboxylic acids is 1. The van der Waals surface area contributed by atoms with Crippen LogP contribution in [0, 0.1) is 5.82 Å². The van der Waals surface area contributed by atoms with Crippen LogP contribution in [0.25, 0.3) is 0 Å². The largest absolute Gasteiger partial charge is 0.478 e. The van der Waals surface area contributed by atoms with Crippen LogP contribution >= 0.6 is 0 Å². The molecule has 0 radical (unpaired) electrons. The molecule has 90 valence electrons.